The standard InChI is InChI=1S/C14H19N3O3/c15-14(18)10-7-8-12(13(9-10)17(19)20)16-11-5-3-1-2-4-6-11/h7-9,11,16H,1-6H2,(H2,15,18). The second kappa shape index (κ2) is 6.36. The molecule has 0 aromatic heterocycles. The Kier molecular flexibility index (Phi) is 4.55. The summed E-state index contributed by atoms with van der Waals surface area (Å²) in [6, 6.07) is 4.59. The van der Waals surface area contributed by atoms with Crippen LogP contribution >= 0.6 is 0 Å². The highest BCUT2D eigenvalue weighted by atomic mass is 16.6. The number of benzene rings is 1. The number of nitro groups is 1. The average Bonchev–Trinajstić information content (AvgIpc) is 2.67. The molecule has 0 saturated heterocycles. The largest absolute Gasteiger partial charge is 0.377 e. The molecule has 1 aromatic carbocycles. The van der Waals surface area contributed by atoms with Gasteiger partial charge in [-0.15, -0.1) is 0 Å². The van der Waals surface area contributed by atoms with Crippen LogP contribution in [-0.4, -0.2) is 16.9 Å². The number of hydrogen-bond donors (Lipinski definition) is 2. The first kappa shape index (κ1) is 14.3. The van der Waals surface area contributed by atoms with Gasteiger partial charge in [0.05, 0.1) is 4.92 Å². The van der Waals surface area contributed by atoms with Gasteiger partial charge in [0.15, 0.2) is 0 Å². The third-order valence-electron chi connectivity index (χ3n) is 3.69. The zero-order valence-corrected chi connectivity index (χ0v) is 11.3. The van der Waals surface area contributed by atoms with Crippen LogP contribution in [-0.2, 0) is 0 Å². The number of nitrogens with zero attached hydrogens (tertiary/aromatic N) is 1. The number of carbonyl (C=O) groups is 1. The fourth-order valence-electron chi connectivity index (χ4n) is 2.60. The maximum Gasteiger partial charge on any atom is 0.293 e. The third kappa shape index (κ3) is 3.46. The monoisotopic (exact) mass is 277 g/mol. The van der Waals surface area contributed by atoms with Crippen LogP contribution in [0.1, 0.15) is 48.9 Å². The van der Waals surface area contributed by atoms with Gasteiger partial charge in [-0.25, -0.2) is 0 Å². The molecule has 6 nitrogen and oxygen atoms in total. The van der Waals surface area contributed by atoms with E-state index in [-0.39, 0.29) is 17.3 Å². The molecular weight excluding hydrogens is 258 g/mol. The Morgan fingerprint density at radius 1 is 1.25 bits per heavy atom. The van der Waals surface area contributed by atoms with E-state index in [0.717, 1.165) is 25.7 Å². The maximum atomic E-state index is 11.1. The van der Waals surface area contributed by atoms with Crippen molar-refractivity contribution in [2.45, 2.75) is 44.6 Å². The van der Waals surface area contributed by atoms with Crippen molar-refractivity contribution in [1.82, 2.24) is 0 Å². The van der Waals surface area contributed by atoms with Gasteiger partial charge in [0, 0.05) is 17.7 Å². The lowest BCUT2D eigenvalue weighted by molar-refractivity contribution is -0.384. The van der Waals surface area contributed by atoms with Crippen molar-refractivity contribution in [2.75, 3.05) is 5.32 Å². The molecule has 2 rings (SSSR count). The maximum absolute atomic E-state index is 11.1. The lowest BCUT2D eigenvalue weighted by Crippen LogP contribution is -2.19. The molecule has 3 N–H and O–H groups in total. The summed E-state index contributed by atoms with van der Waals surface area (Å²) < 4.78 is 0. The van der Waals surface area contributed by atoms with Gasteiger partial charge in [0.25, 0.3) is 5.69 Å². The lowest BCUT2D eigenvalue weighted by Gasteiger charge is -2.17. The molecule has 0 atom stereocenters. The average molecular weight is 277 g/mol. The summed E-state index contributed by atoms with van der Waals surface area (Å²) in [5.74, 6) is -0.658. The molecule has 1 aliphatic carbocycles. The van der Waals surface area contributed by atoms with Crippen LogP contribution in [0.5, 0.6) is 0 Å². The molecule has 1 saturated carbocycles. The molecule has 0 spiro atoms. The molecule has 6 heteroatoms. The Morgan fingerprint density at radius 3 is 2.45 bits per heavy atom. The highest BCUT2D eigenvalue weighted by Gasteiger charge is 2.20. The zero-order chi connectivity index (χ0) is 14.5. The normalized spacial score (nSPS) is 16.4. The first-order valence-corrected chi connectivity index (χ1v) is 6.92. The van der Waals surface area contributed by atoms with Crippen LogP contribution in [0.25, 0.3) is 0 Å². The first-order valence-electron chi connectivity index (χ1n) is 6.92. The van der Waals surface area contributed by atoms with E-state index >= 15 is 0 Å². The van der Waals surface area contributed by atoms with Crippen LogP contribution in [0.15, 0.2) is 18.2 Å². The molecule has 1 aliphatic rings. The number of carbonyl (C=O) groups excluding carboxylic acids is 1. The van der Waals surface area contributed by atoms with E-state index in [1.54, 1.807) is 6.07 Å². The summed E-state index contributed by atoms with van der Waals surface area (Å²) in [4.78, 5) is 21.7. The summed E-state index contributed by atoms with van der Waals surface area (Å²) in [6.07, 6.45) is 6.78. The number of nitrogens with one attached hydrogen (secondary N) is 1. The summed E-state index contributed by atoms with van der Waals surface area (Å²) in [5.41, 5.74) is 5.68. The molecule has 0 radical (unpaired) electrons. The highest BCUT2D eigenvalue weighted by Crippen LogP contribution is 2.28. The molecule has 20 heavy (non-hydrogen) atoms. The fourth-order valence-corrected chi connectivity index (χ4v) is 2.60. The van der Waals surface area contributed by atoms with Crippen molar-refractivity contribution in [3.8, 4) is 0 Å². The highest BCUT2D eigenvalue weighted by molar-refractivity contribution is 5.94. The zero-order valence-electron chi connectivity index (χ0n) is 11.3. The number of primary amides is 1. The summed E-state index contributed by atoms with van der Waals surface area (Å²) in [5, 5.41) is 14.4. The molecule has 108 valence electrons. The molecule has 1 fully saturated rings. The molecule has 0 unspecified atom stereocenters. The number of amides is 1. The Hall–Kier alpha value is -2.11. The van der Waals surface area contributed by atoms with Gasteiger partial charge in [0.2, 0.25) is 5.91 Å². The predicted molar refractivity (Wildman–Crippen MR) is 76.7 cm³/mol. The van der Waals surface area contributed by atoms with E-state index in [0.29, 0.717) is 5.69 Å². The quantitative estimate of drug-likeness (QED) is 0.502. The first-order chi connectivity index (χ1) is 9.58. The van der Waals surface area contributed by atoms with Gasteiger partial charge in [0.1, 0.15) is 5.69 Å². The van der Waals surface area contributed by atoms with Gasteiger partial charge in [-0.3, -0.25) is 14.9 Å². The minimum atomic E-state index is -0.658. The lowest BCUT2D eigenvalue weighted by atomic mass is 10.1. The second-order valence-corrected chi connectivity index (χ2v) is 5.19. The number of nitro benzene ring substituents is 1. The van der Waals surface area contributed by atoms with E-state index in [1.165, 1.54) is 25.0 Å². The van der Waals surface area contributed by atoms with Crippen LogP contribution in [0, 0.1) is 10.1 Å². The Balaban J connectivity index is 2.21. The minimum Gasteiger partial charge on any atom is -0.377 e. The van der Waals surface area contributed by atoms with E-state index in [2.05, 4.69) is 5.32 Å². The van der Waals surface area contributed by atoms with Crippen molar-refractivity contribution in [1.29, 1.82) is 0 Å². The van der Waals surface area contributed by atoms with Gasteiger partial charge in [-0.05, 0) is 25.0 Å². The van der Waals surface area contributed by atoms with E-state index in [4.69, 9.17) is 5.73 Å². The molecule has 0 bridgehead atoms. The number of nitrogens with two attached hydrogens (primary N) is 1. The van der Waals surface area contributed by atoms with Crippen molar-refractivity contribution >= 4 is 17.3 Å². The minimum absolute atomic E-state index is 0.0921. The summed E-state index contributed by atoms with van der Waals surface area (Å²) in [6.45, 7) is 0. The second-order valence-electron chi connectivity index (χ2n) is 5.19. The Morgan fingerprint density at radius 2 is 1.90 bits per heavy atom. The van der Waals surface area contributed by atoms with Gasteiger partial charge in [-0.2, -0.15) is 0 Å². The smallest absolute Gasteiger partial charge is 0.293 e. The molecule has 0 aliphatic heterocycles. The third-order valence-corrected chi connectivity index (χ3v) is 3.69. The van der Waals surface area contributed by atoms with E-state index in [1.807, 2.05) is 0 Å². The Labute approximate surface area is 117 Å². The fraction of sp³-hybridized carbons (Fsp3) is 0.500. The predicted octanol–water partition coefficient (Wildman–Crippen LogP) is 2.83. The molecule has 0 heterocycles. The number of hydrogen-bond acceptors (Lipinski definition) is 4. The van der Waals surface area contributed by atoms with Crippen molar-refractivity contribution in [3.63, 3.8) is 0 Å². The molecular formula is C14H19N3O3. The topological polar surface area (TPSA) is 98.3 Å². The number of anilines is 1. The SMILES string of the molecule is NC(=O)c1ccc(NC2CCCCCC2)c([N+](=O)[O-])c1. The van der Waals surface area contributed by atoms with Gasteiger partial charge >= 0.3 is 0 Å². The van der Waals surface area contributed by atoms with Gasteiger partial charge in [-0.1, -0.05) is 25.7 Å². The van der Waals surface area contributed by atoms with Crippen molar-refractivity contribution < 1.29 is 9.72 Å². The van der Waals surface area contributed by atoms with E-state index in [9.17, 15) is 14.9 Å². The summed E-state index contributed by atoms with van der Waals surface area (Å²) in [7, 11) is 0. The van der Waals surface area contributed by atoms with E-state index < -0.39 is 10.8 Å². The van der Waals surface area contributed by atoms with Gasteiger partial charge < -0.3 is 11.1 Å². The number of rotatable bonds is 4. The Bertz CT molecular complexity index is 508. The van der Waals surface area contributed by atoms with Crippen LogP contribution in [0.4, 0.5) is 11.4 Å². The van der Waals surface area contributed by atoms with Crippen LogP contribution < -0.4 is 11.1 Å². The summed E-state index contributed by atoms with van der Waals surface area (Å²) >= 11 is 0. The van der Waals surface area contributed by atoms with Crippen LogP contribution in [0.3, 0.4) is 0 Å². The molecule has 1 aromatic rings. The van der Waals surface area contributed by atoms with Crippen molar-refractivity contribution in [3.05, 3.63) is 33.9 Å². The van der Waals surface area contributed by atoms with Crippen molar-refractivity contribution in [2.24, 2.45) is 5.73 Å². The molecule has 1 amide bonds. The van der Waals surface area contributed by atoms with Crippen LogP contribution in [0.2, 0.25) is 0 Å².